The maximum atomic E-state index is 11.6. The topological polar surface area (TPSA) is 57.7 Å². The quantitative estimate of drug-likeness (QED) is 0.617. The highest BCUT2D eigenvalue weighted by atomic mass is 32.2. The van der Waals surface area contributed by atoms with E-state index in [2.05, 4.69) is 0 Å². The fraction of sp³-hybridized carbons (Fsp3) is 0.667. The molecule has 1 unspecified atom stereocenters. The minimum atomic E-state index is -0.313. The van der Waals surface area contributed by atoms with Crippen LogP contribution in [0, 0.1) is 0 Å². The number of hydrogen-bond donors (Lipinski definition) is 0. The highest BCUT2D eigenvalue weighted by molar-refractivity contribution is 8.00. The molecule has 6 heteroatoms. The number of carbonyl (C=O) groups excluding carboxylic acids is 3. The number of hydrogen-bond acceptors (Lipinski definition) is 4. The lowest BCUT2D eigenvalue weighted by Crippen LogP contribution is -2.40. The molecule has 1 rings (SSSR count). The van der Waals surface area contributed by atoms with Crippen LogP contribution in [-0.2, 0) is 14.4 Å². The van der Waals surface area contributed by atoms with E-state index in [-0.39, 0.29) is 35.9 Å². The van der Waals surface area contributed by atoms with E-state index in [0.29, 0.717) is 0 Å². The first-order valence-electron chi connectivity index (χ1n) is 4.54. The summed E-state index contributed by atoms with van der Waals surface area (Å²) in [5.74, 6) is -0.740. The molecular weight excluding hydrogens is 216 g/mol. The molecule has 1 aliphatic rings. The van der Waals surface area contributed by atoms with Crippen molar-refractivity contribution in [1.82, 2.24) is 9.80 Å². The molecule has 1 atom stereocenters. The van der Waals surface area contributed by atoms with Crippen molar-refractivity contribution in [2.24, 2.45) is 0 Å². The Hall–Kier alpha value is -1.04. The van der Waals surface area contributed by atoms with E-state index in [0.717, 1.165) is 4.90 Å². The van der Waals surface area contributed by atoms with E-state index in [1.54, 1.807) is 20.4 Å². The molecule has 0 N–H and O–H groups in total. The molecule has 15 heavy (non-hydrogen) atoms. The van der Waals surface area contributed by atoms with Gasteiger partial charge in [-0.25, -0.2) is 0 Å². The molecule has 0 spiro atoms. The molecule has 0 radical (unpaired) electrons. The van der Waals surface area contributed by atoms with Crippen LogP contribution in [0.5, 0.6) is 0 Å². The predicted molar refractivity (Wildman–Crippen MR) is 57.3 cm³/mol. The first-order valence-corrected chi connectivity index (χ1v) is 5.83. The van der Waals surface area contributed by atoms with Gasteiger partial charge in [-0.2, -0.15) is 11.8 Å². The summed E-state index contributed by atoms with van der Waals surface area (Å²) < 4.78 is 0. The number of thioether (sulfide) groups is 1. The minimum absolute atomic E-state index is 0.137. The summed E-state index contributed by atoms with van der Waals surface area (Å²) in [5, 5.41) is -0.313. The van der Waals surface area contributed by atoms with Crippen LogP contribution in [0.25, 0.3) is 0 Å². The van der Waals surface area contributed by atoms with Crippen LogP contribution >= 0.6 is 11.8 Å². The number of imide groups is 1. The van der Waals surface area contributed by atoms with Crippen molar-refractivity contribution in [3.63, 3.8) is 0 Å². The monoisotopic (exact) mass is 230 g/mol. The van der Waals surface area contributed by atoms with Gasteiger partial charge >= 0.3 is 0 Å². The lowest BCUT2D eigenvalue weighted by Gasteiger charge is -2.17. The summed E-state index contributed by atoms with van der Waals surface area (Å²) in [4.78, 5) is 36.8. The van der Waals surface area contributed by atoms with Gasteiger partial charge < -0.3 is 4.90 Å². The average molecular weight is 230 g/mol. The zero-order valence-corrected chi connectivity index (χ0v) is 9.84. The molecule has 0 aromatic carbocycles. The summed E-state index contributed by atoms with van der Waals surface area (Å²) in [6.07, 6.45) is 1.99. The van der Waals surface area contributed by atoms with Crippen LogP contribution in [0.15, 0.2) is 0 Å². The maximum absolute atomic E-state index is 11.6. The fourth-order valence-electron chi connectivity index (χ4n) is 1.28. The molecule has 0 aromatic heterocycles. The summed E-state index contributed by atoms with van der Waals surface area (Å²) in [5.41, 5.74) is 0. The third-order valence-corrected chi connectivity index (χ3v) is 3.22. The van der Waals surface area contributed by atoms with Crippen molar-refractivity contribution in [1.29, 1.82) is 0 Å². The second kappa shape index (κ2) is 4.65. The maximum Gasteiger partial charge on any atom is 0.243 e. The molecule has 1 saturated heterocycles. The molecule has 1 fully saturated rings. The molecule has 0 saturated carbocycles. The van der Waals surface area contributed by atoms with Gasteiger partial charge in [-0.15, -0.1) is 0 Å². The lowest BCUT2D eigenvalue weighted by molar-refractivity contribution is -0.144. The van der Waals surface area contributed by atoms with Crippen LogP contribution in [0.1, 0.15) is 6.42 Å². The fourth-order valence-corrected chi connectivity index (χ4v) is 1.92. The van der Waals surface area contributed by atoms with E-state index in [1.165, 1.54) is 16.7 Å². The second-order valence-corrected chi connectivity index (χ2v) is 4.58. The van der Waals surface area contributed by atoms with Gasteiger partial charge in [0.1, 0.15) is 6.54 Å². The molecule has 1 heterocycles. The Labute approximate surface area is 92.8 Å². The molecule has 1 aliphatic heterocycles. The number of rotatable bonds is 3. The summed E-state index contributed by atoms with van der Waals surface area (Å²) in [7, 11) is 3.19. The van der Waals surface area contributed by atoms with Crippen molar-refractivity contribution >= 4 is 29.5 Å². The van der Waals surface area contributed by atoms with Crippen LogP contribution in [0.3, 0.4) is 0 Å². The van der Waals surface area contributed by atoms with E-state index in [4.69, 9.17) is 0 Å². The van der Waals surface area contributed by atoms with Crippen molar-refractivity contribution in [2.45, 2.75) is 11.7 Å². The van der Waals surface area contributed by atoms with Crippen LogP contribution in [-0.4, -0.2) is 59.7 Å². The molecule has 0 bridgehead atoms. The first-order chi connectivity index (χ1) is 6.97. The molecule has 5 nitrogen and oxygen atoms in total. The van der Waals surface area contributed by atoms with Crippen molar-refractivity contribution in [3.05, 3.63) is 0 Å². The van der Waals surface area contributed by atoms with Gasteiger partial charge in [-0.05, 0) is 6.26 Å². The standard InChI is InChI=1S/C9H14N2O3S/c1-10(2)8(13)5-11-7(12)4-6(15-3)9(11)14/h6H,4-5H2,1-3H3. The van der Waals surface area contributed by atoms with Crippen molar-refractivity contribution in [3.8, 4) is 0 Å². The molecule has 0 aromatic rings. The number of nitrogens with zero attached hydrogens (tertiary/aromatic N) is 2. The normalized spacial score (nSPS) is 21.0. The van der Waals surface area contributed by atoms with Gasteiger partial charge in [0, 0.05) is 20.5 Å². The van der Waals surface area contributed by atoms with Gasteiger partial charge in [0.25, 0.3) is 0 Å². The third kappa shape index (κ3) is 2.50. The Morgan fingerprint density at radius 1 is 1.53 bits per heavy atom. The molecule has 3 amide bonds. The number of amides is 3. The molecular formula is C9H14N2O3S. The van der Waals surface area contributed by atoms with Gasteiger partial charge in [-0.3, -0.25) is 19.3 Å². The SMILES string of the molecule is CSC1CC(=O)N(CC(=O)N(C)C)C1=O. The zero-order valence-electron chi connectivity index (χ0n) is 9.02. The second-order valence-electron chi connectivity index (χ2n) is 3.53. The highest BCUT2D eigenvalue weighted by Gasteiger charge is 2.38. The Kier molecular flexibility index (Phi) is 3.73. The Morgan fingerprint density at radius 3 is 2.53 bits per heavy atom. The lowest BCUT2D eigenvalue weighted by atomic mass is 10.4. The summed E-state index contributed by atoms with van der Waals surface area (Å²) >= 11 is 1.35. The molecule has 84 valence electrons. The minimum Gasteiger partial charge on any atom is -0.347 e. The van der Waals surface area contributed by atoms with E-state index in [1.807, 2.05) is 0 Å². The Bertz CT molecular complexity index is 304. The predicted octanol–water partition coefficient (Wildman–Crippen LogP) is -0.435. The van der Waals surface area contributed by atoms with Crippen LogP contribution < -0.4 is 0 Å². The zero-order chi connectivity index (χ0) is 11.6. The number of likely N-dealkylation sites (tertiary alicyclic amines) is 1. The smallest absolute Gasteiger partial charge is 0.243 e. The van der Waals surface area contributed by atoms with E-state index in [9.17, 15) is 14.4 Å². The van der Waals surface area contributed by atoms with Gasteiger partial charge in [-0.1, -0.05) is 0 Å². The number of carbonyl (C=O) groups is 3. The third-order valence-electron chi connectivity index (χ3n) is 2.28. The van der Waals surface area contributed by atoms with Gasteiger partial charge in [0.2, 0.25) is 17.7 Å². The van der Waals surface area contributed by atoms with Crippen molar-refractivity contribution in [2.75, 3.05) is 26.9 Å². The summed E-state index contributed by atoms with van der Waals surface area (Å²) in [6, 6.07) is 0. The average Bonchev–Trinajstić information content (AvgIpc) is 2.44. The van der Waals surface area contributed by atoms with Gasteiger partial charge in [0.15, 0.2) is 0 Å². The summed E-state index contributed by atoms with van der Waals surface area (Å²) in [6.45, 7) is -0.137. The largest absolute Gasteiger partial charge is 0.347 e. The highest BCUT2D eigenvalue weighted by Crippen LogP contribution is 2.22. The van der Waals surface area contributed by atoms with E-state index >= 15 is 0 Å². The van der Waals surface area contributed by atoms with E-state index < -0.39 is 0 Å². The van der Waals surface area contributed by atoms with Gasteiger partial charge in [0.05, 0.1) is 5.25 Å². The van der Waals surface area contributed by atoms with Crippen molar-refractivity contribution < 1.29 is 14.4 Å². The number of likely N-dealkylation sites (N-methyl/N-ethyl adjacent to an activating group) is 1. The molecule has 0 aliphatic carbocycles. The Morgan fingerprint density at radius 2 is 2.13 bits per heavy atom. The Balaban J connectivity index is 2.67. The first kappa shape index (κ1) is 12.0. The van der Waals surface area contributed by atoms with Crippen LogP contribution in [0.4, 0.5) is 0 Å². The van der Waals surface area contributed by atoms with Crippen LogP contribution in [0.2, 0.25) is 0 Å².